The van der Waals surface area contributed by atoms with Crippen LogP contribution in [0.5, 0.6) is 0 Å². The van der Waals surface area contributed by atoms with E-state index in [1.165, 1.54) is 4.70 Å². The van der Waals surface area contributed by atoms with Gasteiger partial charge in [-0.1, -0.05) is 11.3 Å². The Hall–Kier alpha value is -1.33. The molecule has 4 nitrogen and oxygen atoms in total. The highest BCUT2D eigenvalue weighted by molar-refractivity contribution is 7.22. The van der Waals surface area contributed by atoms with Crippen LogP contribution in [-0.2, 0) is 0 Å². The summed E-state index contributed by atoms with van der Waals surface area (Å²) >= 11 is 1.70. The normalized spacial score (nSPS) is 11.1. The van der Waals surface area contributed by atoms with Gasteiger partial charge in [-0.25, -0.2) is 4.98 Å². The van der Waals surface area contributed by atoms with Crippen LogP contribution in [0, 0.1) is 0 Å². The van der Waals surface area contributed by atoms with Crippen LogP contribution in [0.3, 0.4) is 0 Å². The highest BCUT2D eigenvalue weighted by Gasteiger charge is 2.03. The second-order valence-electron chi connectivity index (χ2n) is 4.18. The average Bonchev–Trinajstić information content (AvgIpc) is 2.69. The third-order valence-electron chi connectivity index (χ3n) is 2.51. The number of thiazole rings is 1. The molecule has 17 heavy (non-hydrogen) atoms. The van der Waals surface area contributed by atoms with Crippen molar-refractivity contribution in [3.8, 4) is 0 Å². The average molecular weight is 250 g/mol. The van der Waals surface area contributed by atoms with Gasteiger partial charge in [-0.3, -0.25) is 0 Å². The fraction of sp³-hybridized carbons (Fsp3) is 0.417. The lowest BCUT2D eigenvalue weighted by Gasteiger charge is -2.08. The molecule has 0 saturated carbocycles. The Bertz CT molecular complexity index is 492. The second-order valence-corrected chi connectivity index (χ2v) is 5.21. The van der Waals surface area contributed by atoms with Gasteiger partial charge in [0.2, 0.25) is 0 Å². The molecule has 1 heterocycles. The number of nitrogens with zero attached hydrogens (tertiary/aromatic N) is 2. The van der Waals surface area contributed by atoms with Crippen LogP contribution < -0.4 is 10.6 Å². The van der Waals surface area contributed by atoms with Crippen LogP contribution in [0.25, 0.3) is 10.2 Å². The molecule has 2 rings (SSSR count). The summed E-state index contributed by atoms with van der Waals surface area (Å²) in [6.45, 7) is 1.93. The first-order chi connectivity index (χ1) is 8.19. The molecule has 92 valence electrons. The Balaban J connectivity index is 2.09. The molecule has 0 radical (unpaired) electrons. The van der Waals surface area contributed by atoms with E-state index in [1.54, 1.807) is 11.3 Å². The molecule has 1 aromatic carbocycles. The van der Waals surface area contributed by atoms with E-state index in [0.717, 1.165) is 29.4 Å². The molecule has 1 aromatic heterocycles. The van der Waals surface area contributed by atoms with E-state index in [0.29, 0.717) is 0 Å². The number of likely N-dealkylation sites (N-methyl/N-ethyl adjacent to an activating group) is 1. The van der Waals surface area contributed by atoms with Crippen LogP contribution in [0.4, 0.5) is 10.8 Å². The topological polar surface area (TPSA) is 40.2 Å². The summed E-state index contributed by atoms with van der Waals surface area (Å²) in [5.74, 6) is 0. The first-order valence-electron chi connectivity index (χ1n) is 5.66. The summed E-state index contributed by atoms with van der Waals surface area (Å²) in [7, 11) is 6.07. The van der Waals surface area contributed by atoms with Gasteiger partial charge in [0.05, 0.1) is 10.2 Å². The van der Waals surface area contributed by atoms with Gasteiger partial charge < -0.3 is 15.5 Å². The van der Waals surface area contributed by atoms with Crippen LogP contribution in [-0.4, -0.2) is 44.1 Å². The van der Waals surface area contributed by atoms with Crippen molar-refractivity contribution >= 4 is 32.4 Å². The zero-order valence-electron chi connectivity index (χ0n) is 10.4. The molecule has 0 unspecified atom stereocenters. The Kier molecular flexibility index (Phi) is 3.81. The maximum Gasteiger partial charge on any atom is 0.183 e. The molecule has 0 saturated heterocycles. The van der Waals surface area contributed by atoms with Crippen molar-refractivity contribution in [3.63, 3.8) is 0 Å². The summed E-state index contributed by atoms with van der Waals surface area (Å²) in [4.78, 5) is 6.70. The number of hydrogen-bond acceptors (Lipinski definition) is 5. The quantitative estimate of drug-likeness (QED) is 0.854. The van der Waals surface area contributed by atoms with Crippen molar-refractivity contribution in [2.45, 2.75) is 0 Å². The molecule has 0 aliphatic carbocycles. The van der Waals surface area contributed by atoms with Crippen LogP contribution >= 0.6 is 11.3 Å². The van der Waals surface area contributed by atoms with Crippen molar-refractivity contribution in [1.82, 2.24) is 9.88 Å². The third kappa shape index (κ3) is 3.08. The summed E-state index contributed by atoms with van der Waals surface area (Å²) in [5, 5.41) is 7.48. The largest absolute Gasteiger partial charge is 0.388 e. The monoisotopic (exact) mass is 250 g/mol. The lowest BCUT2D eigenvalue weighted by atomic mass is 10.3. The predicted octanol–water partition coefficient (Wildman–Crippen LogP) is 2.31. The molecule has 0 bridgehead atoms. The van der Waals surface area contributed by atoms with Crippen molar-refractivity contribution in [2.24, 2.45) is 0 Å². The van der Waals surface area contributed by atoms with Crippen LogP contribution in [0.2, 0.25) is 0 Å². The fourth-order valence-electron chi connectivity index (χ4n) is 1.54. The maximum absolute atomic E-state index is 4.55. The minimum absolute atomic E-state index is 0.922. The number of nitrogens with one attached hydrogen (secondary N) is 2. The van der Waals surface area contributed by atoms with Gasteiger partial charge in [-0.2, -0.15) is 0 Å². The van der Waals surface area contributed by atoms with Gasteiger partial charge in [0.1, 0.15) is 0 Å². The van der Waals surface area contributed by atoms with Gasteiger partial charge in [0, 0.05) is 25.8 Å². The van der Waals surface area contributed by atoms with Crippen molar-refractivity contribution in [3.05, 3.63) is 18.2 Å². The number of anilines is 2. The van der Waals surface area contributed by atoms with E-state index >= 15 is 0 Å². The van der Waals surface area contributed by atoms with Crippen LogP contribution in [0.1, 0.15) is 0 Å². The Morgan fingerprint density at radius 1 is 1.35 bits per heavy atom. The van der Waals surface area contributed by atoms with E-state index in [9.17, 15) is 0 Å². The highest BCUT2D eigenvalue weighted by atomic mass is 32.1. The molecule has 0 aliphatic heterocycles. The smallest absolute Gasteiger partial charge is 0.183 e. The molecule has 5 heteroatoms. The number of aromatic nitrogens is 1. The summed E-state index contributed by atoms with van der Waals surface area (Å²) in [6.07, 6.45) is 0. The minimum atomic E-state index is 0.922. The molecule has 0 fully saturated rings. The number of benzene rings is 1. The third-order valence-corrected chi connectivity index (χ3v) is 3.49. The summed E-state index contributed by atoms with van der Waals surface area (Å²) in [5.41, 5.74) is 2.18. The zero-order chi connectivity index (χ0) is 12.3. The van der Waals surface area contributed by atoms with Gasteiger partial charge in [-0.05, 0) is 32.3 Å². The first kappa shape index (κ1) is 12.1. The number of rotatable bonds is 5. The fourth-order valence-corrected chi connectivity index (χ4v) is 2.47. The van der Waals surface area contributed by atoms with Gasteiger partial charge >= 0.3 is 0 Å². The molecule has 0 amide bonds. The lowest BCUT2D eigenvalue weighted by Crippen LogP contribution is -2.20. The number of hydrogen-bond donors (Lipinski definition) is 2. The van der Waals surface area contributed by atoms with E-state index < -0.39 is 0 Å². The minimum Gasteiger partial charge on any atom is -0.388 e. The van der Waals surface area contributed by atoms with Gasteiger partial charge in [-0.15, -0.1) is 0 Å². The summed E-state index contributed by atoms with van der Waals surface area (Å²) in [6, 6.07) is 6.23. The summed E-state index contributed by atoms with van der Waals surface area (Å²) < 4.78 is 1.21. The Morgan fingerprint density at radius 3 is 2.88 bits per heavy atom. The molecular formula is C12H18N4S. The Morgan fingerprint density at radius 2 is 2.18 bits per heavy atom. The van der Waals surface area contributed by atoms with Crippen LogP contribution in [0.15, 0.2) is 18.2 Å². The van der Waals surface area contributed by atoms with E-state index in [2.05, 4.69) is 46.7 Å². The van der Waals surface area contributed by atoms with Crippen molar-refractivity contribution in [2.75, 3.05) is 44.9 Å². The van der Waals surface area contributed by atoms with E-state index in [1.807, 2.05) is 13.1 Å². The molecule has 2 N–H and O–H groups in total. The molecule has 0 aliphatic rings. The highest BCUT2D eigenvalue weighted by Crippen LogP contribution is 2.27. The second kappa shape index (κ2) is 5.33. The van der Waals surface area contributed by atoms with Crippen molar-refractivity contribution < 1.29 is 0 Å². The molecule has 0 spiro atoms. The maximum atomic E-state index is 4.55. The predicted molar refractivity (Wildman–Crippen MR) is 76.2 cm³/mol. The van der Waals surface area contributed by atoms with Crippen molar-refractivity contribution in [1.29, 1.82) is 0 Å². The molecule has 0 atom stereocenters. The van der Waals surface area contributed by atoms with Gasteiger partial charge in [0.15, 0.2) is 5.13 Å². The van der Waals surface area contributed by atoms with E-state index in [4.69, 9.17) is 0 Å². The lowest BCUT2D eigenvalue weighted by molar-refractivity contribution is 0.425. The number of fused-ring (bicyclic) bond motifs is 1. The zero-order valence-corrected chi connectivity index (χ0v) is 11.3. The standard InChI is InChI=1S/C12H18N4S/c1-13-9-4-5-10-11(8-9)17-12(15-10)14-6-7-16(2)3/h4-5,8,13H,6-7H2,1-3H3,(H,14,15). The molecular weight excluding hydrogens is 232 g/mol. The van der Waals surface area contributed by atoms with E-state index in [-0.39, 0.29) is 0 Å². The first-order valence-corrected chi connectivity index (χ1v) is 6.47. The van der Waals surface area contributed by atoms with Gasteiger partial charge in [0.25, 0.3) is 0 Å². The Labute approximate surface area is 106 Å². The SMILES string of the molecule is CNc1ccc2nc(NCCN(C)C)sc2c1. The molecule has 2 aromatic rings.